The largest absolute Gasteiger partial charge is 0.345 e. The van der Waals surface area contributed by atoms with Crippen molar-refractivity contribution in [1.82, 2.24) is 5.32 Å². The van der Waals surface area contributed by atoms with Gasteiger partial charge in [0.15, 0.2) is 0 Å². The Morgan fingerprint density at radius 2 is 1.89 bits per heavy atom. The molecule has 1 atom stereocenters. The molecule has 0 bridgehead atoms. The van der Waals surface area contributed by atoms with Crippen LogP contribution in [-0.2, 0) is 10.3 Å². The molecule has 1 fully saturated rings. The molecule has 1 aliphatic rings. The Labute approximate surface area is 115 Å². The molecular weight excluding hydrogens is 236 g/mol. The maximum absolute atomic E-state index is 12.4. The van der Waals surface area contributed by atoms with Crippen molar-refractivity contribution in [3.8, 4) is 0 Å². The van der Waals surface area contributed by atoms with Crippen LogP contribution in [0.4, 0.5) is 0 Å². The zero-order chi connectivity index (χ0) is 13.7. The van der Waals surface area contributed by atoms with Crippen LogP contribution in [0, 0.1) is 5.92 Å². The predicted molar refractivity (Wildman–Crippen MR) is 77.6 cm³/mol. The summed E-state index contributed by atoms with van der Waals surface area (Å²) < 4.78 is 0. The van der Waals surface area contributed by atoms with E-state index in [2.05, 4.69) is 5.32 Å². The topological polar surface area (TPSA) is 55.1 Å². The summed E-state index contributed by atoms with van der Waals surface area (Å²) in [7, 11) is 0. The van der Waals surface area contributed by atoms with E-state index in [1.807, 2.05) is 37.3 Å². The molecule has 1 unspecified atom stereocenters. The molecule has 1 aromatic rings. The van der Waals surface area contributed by atoms with Gasteiger partial charge < -0.3 is 11.1 Å². The van der Waals surface area contributed by atoms with Gasteiger partial charge >= 0.3 is 0 Å². The summed E-state index contributed by atoms with van der Waals surface area (Å²) in [5.41, 5.74) is 6.51. The van der Waals surface area contributed by atoms with Gasteiger partial charge in [-0.25, -0.2) is 0 Å². The Morgan fingerprint density at radius 3 is 2.47 bits per heavy atom. The Bertz CT molecular complexity index is 412. The van der Waals surface area contributed by atoms with Gasteiger partial charge in [0.1, 0.15) is 0 Å². The third kappa shape index (κ3) is 3.35. The van der Waals surface area contributed by atoms with Crippen molar-refractivity contribution in [3.63, 3.8) is 0 Å². The zero-order valence-electron chi connectivity index (χ0n) is 11.7. The summed E-state index contributed by atoms with van der Waals surface area (Å²) in [5.74, 6) is 0.333. The number of carbonyl (C=O) groups excluding carboxylic acids is 1. The normalized spacial score (nSPS) is 19.7. The third-order valence-corrected chi connectivity index (χ3v) is 4.19. The Morgan fingerprint density at radius 1 is 1.26 bits per heavy atom. The summed E-state index contributed by atoms with van der Waals surface area (Å²) in [5, 5.41) is 3.17. The fraction of sp³-hybridized carbons (Fsp3) is 0.562. The first-order chi connectivity index (χ1) is 9.15. The molecule has 3 nitrogen and oxygen atoms in total. The lowest BCUT2D eigenvalue weighted by molar-refractivity contribution is -0.127. The van der Waals surface area contributed by atoms with E-state index in [1.54, 1.807) is 0 Å². The highest BCUT2D eigenvalue weighted by molar-refractivity contribution is 5.79. The monoisotopic (exact) mass is 260 g/mol. The van der Waals surface area contributed by atoms with Crippen LogP contribution < -0.4 is 11.1 Å². The van der Waals surface area contributed by atoms with Crippen LogP contribution in [0.1, 0.15) is 44.6 Å². The van der Waals surface area contributed by atoms with Crippen LogP contribution in [0.2, 0.25) is 0 Å². The van der Waals surface area contributed by atoms with Gasteiger partial charge in [0.2, 0.25) is 5.91 Å². The molecule has 0 aromatic heterocycles. The lowest BCUT2D eigenvalue weighted by Gasteiger charge is -2.32. The lowest BCUT2D eigenvalue weighted by Crippen LogP contribution is -2.50. The fourth-order valence-electron chi connectivity index (χ4n) is 2.79. The highest BCUT2D eigenvalue weighted by Crippen LogP contribution is 2.26. The summed E-state index contributed by atoms with van der Waals surface area (Å²) in [6.45, 7) is 2.42. The molecule has 0 saturated heterocycles. The van der Waals surface area contributed by atoms with E-state index in [4.69, 9.17) is 5.73 Å². The van der Waals surface area contributed by atoms with Crippen LogP contribution in [-0.4, -0.2) is 12.5 Å². The van der Waals surface area contributed by atoms with Crippen molar-refractivity contribution in [3.05, 3.63) is 35.9 Å². The molecule has 0 heterocycles. The number of hydrogen-bond donors (Lipinski definition) is 2. The SMILES string of the molecule is CC(CN)(NC(=O)C1CCCCC1)c1ccccc1. The molecule has 0 spiro atoms. The average molecular weight is 260 g/mol. The van der Waals surface area contributed by atoms with Gasteiger partial charge in [-0.1, -0.05) is 49.6 Å². The van der Waals surface area contributed by atoms with Gasteiger partial charge in [-0.2, -0.15) is 0 Å². The molecule has 3 heteroatoms. The Balaban J connectivity index is 2.07. The fourth-order valence-corrected chi connectivity index (χ4v) is 2.79. The Hall–Kier alpha value is -1.35. The van der Waals surface area contributed by atoms with Crippen LogP contribution in [0.3, 0.4) is 0 Å². The Kier molecular flexibility index (Phi) is 4.59. The van der Waals surface area contributed by atoms with E-state index in [-0.39, 0.29) is 11.8 Å². The number of rotatable bonds is 4. The summed E-state index contributed by atoms with van der Waals surface area (Å²) in [6, 6.07) is 9.98. The highest BCUT2D eigenvalue weighted by atomic mass is 16.2. The first-order valence-electron chi connectivity index (χ1n) is 7.23. The van der Waals surface area contributed by atoms with Gasteiger partial charge in [0, 0.05) is 12.5 Å². The highest BCUT2D eigenvalue weighted by Gasteiger charge is 2.30. The minimum Gasteiger partial charge on any atom is -0.345 e. The van der Waals surface area contributed by atoms with E-state index in [9.17, 15) is 4.79 Å². The molecule has 19 heavy (non-hydrogen) atoms. The second kappa shape index (κ2) is 6.20. The second-order valence-corrected chi connectivity index (χ2v) is 5.73. The predicted octanol–water partition coefficient (Wildman–Crippen LogP) is 2.56. The van der Waals surface area contributed by atoms with E-state index in [0.29, 0.717) is 6.54 Å². The number of nitrogens with one attached hydrogen (secondary N) is 1. The smallest absolute Gasteiger partial charge is 0.223 e. The summed E-state index contributed by atoms with van der Waals surface area (Å²) in [6.07, 6.45) is 5.63. The standard InChI is InChI=1S/C16H24N2O/c1-16(12-17,14-10-6-3-7-11-14)18-15(19)13-8-4-2-5-9-13/h3,6-7,10-11,13H,2,4-5,8-9,12,17H2,1H3,(H,18,19). The van der Waals surface area contributed by atoms with Gasteiger partial charge in [-0.15, -0.1) is 0 Å². The van der Waals surface area contributed by atoms with Crippen LogP contribution in [0.15, 0.2) is 30.3 Å². The number of nitrogens with two attached hydrogens (primary N) is 1. The molecule has 0 aliphatic heterocycles. The zero-order valence-corrected chi connectivity index (χ0v) is 11.7. The molecule has 3 N–H and O–H groups in total. The molecule has 2 rings (SSSR count). The summed E-state index contributed by atoms with van der Waals surface area (Å²) >= 11 is 0. The van der Waals surface area contributed by atoms with Crippen molar-refractivity contribution in [2.45, 2.75) is 44.6 Å². The number of hydrogen-bond acceptors (Lipinski definition) is 2. The molecule has 104 valence electrons. The average Bonchev–Trinajstić information content (AvgIpc) is 2.49. The minimum atomic E-state index is -0.463. The van der Waals surface area contributed by atoms with E-state index in [1.165, 1.54) is 19.3 Å². The van der Waals surface area contributed by atoms with Gasteiger partial charge in [-0.05, 0) is 25.3 Å². The van der Waals surface area contributed by atoms with Crippen molar-refractivity contribution in [2.24, 2.45) is 11.7 Å². The van der Waals surface area contributed by atoms with Gasteiger partial charge in [0.05, 0.1) is 5.54 Å². The number of carbonyl (C=O) groups is 1. The molecule has 0 radical (unpaired) electrons. The molecule has 1 aliphatic carbocycles. The van der Waals surface area contributed by atoms with Crippen molar-refractivity contribution in [2.75, 3.05) is 6.54 Å². The third-order valence-electron chi connectivity index (χ3n) is 4.19. The second-order valence-electron chi connectivity index (χ2n) is 5.73. The molecule has 1 amide bonds. The maximum atomic E-state index is 12.4. The van der Waals surface area contributed by atoms with Gasteiger partial charge in [-0.3, -0.25) is 4.79 Å². The van der Waals surface area contributed by atoms with E-state index in [0.717, 1.165) is 18.4 Å². The first kappa shape index (κ1) is 14.1. The molecular formula is C16H24N2O. The number of benzene rings is 1. The van der Waals surface area contributed by atoms with Crippen LogP contribution in [0.25, 0.3) is 0 Å². The number of amides is 1. The first-order valence-corrected chi connectivity index (χ1v) is 7.23. The maximum Gasteiger partial charge on any atom is 0.223 e. The van der Waals surface area contributed by atoms with Crippen LogP contribution in [0.5, 0.6) is 0 Å². The van der Waals surface area contributed by atoms with Crippen molar-refractivity contribution < 1.29 is 4.79 Å². The van der Waals surface area contributed by atoms with E-state index >= 15 is 0 Å². The summed E-state index contributed by atoms with van der Waals surface area (Å²) in [4.78, 5) is 12.4. The van der Waals surface area contributed by atoms with E-state index < -0.39 is 5.54 Å². The quantitative estimate of drug-likeness (QED) is 0.874. The van der Waals surface area contributed by atoms with Crippen LogP contribution >= 0.6 is 0 Å². The lowest BCUT2D eigenvalue weighted by atomic mass is 9.86. The van der Waals surface area contributed by atoms with Crippen molar-refractivity contribution in [1.29, 1.82) is 0 Å². The molecule has 1 saturated carbocycles. The van der Waals surface area contributed by atoms with Crippen molar-refractivity contribution >= 4 is 5.91 Å². The molecule has 1 aromatic carbocycles. The van der Waals surface area contributed by atoms with Gasteiger partial charge in [0.25, 0.3) is 0 Å². The minimum absolute atomic E-state index is 0.163.